The van der Waals surface area contributed by atoms with E-state index >= 15 is 0 Å². The van der Waals surface area contributed by atoms with Gasteiger partial charge in [0.2, 0.25) is 0 Å². The van der Waals surface area contributed by atoms with Crippen LogP contribution in [0.15, 0.2) is 36.4 Å². The molecule has 1 N–H and O–H groups in total. The maximum atomic E-state index is 11.9. The maximum absolute atomic E-state index is 11.9. The fourth-order valence-corrected chi connectivity index (χ4v) is 5.13. The van der Waals surface area contributed by atoms with E-state index in [4.69, 9.17) is 5.10 Å². The summed E-state index contributed by atoms with van der Waals surface area (Å²) in [7, 11) is 0. The fourth-order valence-electron chi connectivity index (χ4n) is 5.13. The van der Waals surface area contributed by atoms with Crippen molar-refractivity contribution in [2.24, 2.45) is 5.41 Å². The second-order valence-electron chi connectivity index (χ2n) is 9.00. The highest BCUT2D eigenvalue weighted by atomic mass is 16.4. The molecule has 2 aliphatic carbocycles. The van der Waals surface area contributed by atoms with Crippen molar-refractivity contribution in [3.8, 4) is 5.69 Å². The summed E-state index contributed by atoms with van der Waals surface area (Å²) in [5.74, 6) is -0.546. The quantitative estimate of drug-likeness (QED) is 0.718. The number of hydrogen-bond donors (Lipinski definition) is 1. The van der Waals surface area contributed by atoms with E-state index in [2.05, 4.69) is 9.88 Å². The number of carboxylic acids is 1. The maximum Gasteiger partial charge on any atom is 0.354 e. The Morgan fingerprint density at radius 1 is 1.10 bits per heavy atom. The van der Waals surface area contributed by atoms with E-state index in [-0.39, 0.29) is 5.69 Å². The molecule has 0 bridgehead atoms. The Morgan fingerprint density at radius 3 is 2.45 bits per heavy atom. The smallest absolute Gasteiger partial charge is 0.354 e. The van der Waals surface area contributed by atoms with Crippen molar-refractivity contribution in [3.05, 3.63) is 47.8 Å². The molecule has 3 heterocycles. The highest BCUT2D eigenvalue weighted by Gasteiger charge is 2.48. The zero-order chi connectivity index (χ0) is 19.6. The van der Waals surface area contributed by atoms with Gasteiger partial charge in [0.25, 0.3) is 0 Å². The van der Waals surface area contributed by atoms with Gasteiger partial charge in [0.15, 0.2) is 11.3 Å². The second-order valence-corrected chi connectivity index (χ2v) is 9.00. The predicted molar refractivity (Wildman–Crippen MR) is 111 cm³/mol. The number of aromatic nitrogens is 3. The van der Waals surface area contributed by atoms with Crippen LogP contribution in [0.5, 0.6) is 0 Å². The van der Waals surface area contributed by atoms with E-state index in [0.717, 1.165) is 48.4 Å². The Morgan fingerprint density at radius 2 is 1.86 bits per heavy atom. The van der Waals surface area contributed by atoms with Gasteiger partial charge in [-0.25, -0.2) is 14.5 Å². The highest BCUT2D eigenvalue weighted by molar-refractivity contribution is 5.99. The summed E-state index contributed by atoms with van der Waals surface area (Å²) in [6.07, 6.45) is 7.42. The Labute approximate surface area is 169 Å². The Hall–Kier alpha value is -2.89. The Balaban J connectivity index is 1.57. The Kier molecular flexibility index (Phi) is 3.55. The lowest BCUT2D eigenvalue weighted by atomic mass is 9.63. The first-order valence-electron chi connectivity index (χ1n) is 10.6. The summed E-state index contributed by atoms with van der Waals surface area (Å²) in [6.45, 7) is 2.04. The molecular weight excluding hydrogens is 364 g/mol. The van der Waals surface area contributed by atoms with Gasteiger partial charge in [0, 0.05) is 24.4 Å². The number of carboxylic acid groups (broad SMARTS) is 1. The minimum atomic E-state index is -0.988. The highest BCUT2D eigenvalue weighted by Crippen LogP contribution is 2.51. The van der Waals surface area contributed by atoms with E-state index in [9.17, 15) is 9.90 Å². The third-order valence-electron chi connectivity index (χ3n) is 7.16. The molecule has 6 heteroatoms. The summed E-state index contributed by atoms with van der Waals surface area (Å²) >= 11 is 0. The van der Waals surface area contributed by atoms with E-state index in [0.29, 0.717) is 17.0 Å². The van der Waals surface area contributed by atoms with E-state index < -0.39 is 5.97 Å². The summed E-state index contributed by atoms with van der Waals surface area (Å²) in [6, 6.07) is 11.7. The number of anilines is 1. The Bertz CT molecular complexity index is 1100. The topological polar surface area (TPSA) is 71.2 Å². The van der Waals surface area contributed by atoms with Crippen molar-refractivity contribution in [1.82, 2.24) is 14.8 Å². The number of aromatic carboxylic acids is 1. The molecule has 1 spiro atoms. The summed E-state index contributed by atoms with van der Waals surface area (Å²) < 4.78 is 1.85. The molecule has 148 valence electrons. The molecule has 1 saturated heterocycles. The first kappa shape index (κ1) is 17.0. The monoisotopic (exact) mass is 388 g/mol. The van der Waals surface area contributed by atoms with Crippen molar-refractivity contribution in [3.63, 3.8) is 0 Å². The molecule has 2 aromatic heterocycles. The lowest BCUT2D eigenvalue weighted by Crippen LogP contribution is -2.60. The third kappa shape index (κ3) is 2.51. The van der Waals surface area contributed by atoms with Gasteiger partial charge in [-0.05, 0) is 43.9 Å². The van der Waals surface area contributed by atoms with Crippen LogP contribution < -0.4 is 4.90 Å². The second kappa shape index (κ2) is 6.05. The molecule has 3 aliphatic rings. The van der Waals surface area contributed by atoms with Gasteiger partial charge < -0.3 is 10.0 Å². The van der Waals surface area contributed by atoms with Gasteiger partial charge in [-0.1, -0.05) is 31.0 Å². The van der Waals surface area contributed by atoms with Crippen LogP contribution in [0.3, 0.4) is 0 Å². The SMILES string of the molecule is O=C(O)c1cc(N2CC3(CCC3)C2)c2c(C3CCC3)nn(-c3ccccc3)c2n1. The van der Waals surface area contributed by atoms with Crippen molar-refractivity contribution in [2.45, 2.75) is 44.4 Å². The van der Waals surface area contributed by atoms with Crippen molar-refractivity contribution >= 4 is 22.7 Å². The lowest BCUT2D eigenvalue weighted by Gasteiger charge is -2.57. The molecule has 0 unspecified atom stereocenters. The number of fused-ring (bicyclic) bond motifs is 1. The largest absolute Gasteiger partial charge is 0.477 e. The van der Waals surface area contributed by atoms with Crippen LogP contribution >= 0.6 is 0 Å². The lowest BCUT2D eigenvalue weighted by molar-refractivity contribution is 0.0690. The molecule has 2 saturated carbocycles. The summed E-state index contributed by atoms with van der Waals surface area (Å²) in [5.41, 5.74) is 4.24. The van der Waals surface area contributed by atoms with Crippen molar-refractivity contribution in [1.29, 1.82) is 0 Å². The molecule has 3 fully saturated rings. The number of hydrogen-bond acceptors (Lipinski definition) is 4. The van der Waals surface area contributed by atoms with Crippen LogP contribution in [-0.2, 0) is 0 Å². The minimum Gasteiger partial charge on any atom is -0.477 e. The molecule has 29 heavy (non-hydrogen) atoms. The normalized spacial score (nSPS) is 20.3. The van der Waals surface area contributed by atoms with Crippen molar-refractivity contribution < 1.29 is 9.90 Å². The van der Waals surface area contributed by atoms with Crippen LogP contribution in [0.25, 0.3) is 16.7 Å². The van der Waals surface area contributed by atoms with Gasteiger partial charge >= 0.3 is 5.97 Å². The molecule has 6 nitrogen and oxygen atoms in total. The predicted octanol–water partition coefficient (Wildman–Crippen LogP) is 4.38. The van der Waals surface area contributed by atoms with Crippen LogP contribution in [0.1, 0.15) is 60.6 Å². The van der Waals surface area contributed by atoms with Crippen LogP contribution in [0, 0.1) is 5.41 Å². The molecule has 1 aromatic carbocycles. The molecule has 0 atom stereocenters. The summed E-state index contributed by atoms with van der Waals surface area (Å²) in [5, 5.41) is 15.8. The average Bonchev–Trinajstić information content (AvgIpc) is 2.98. The molecule has 0 amide bonds. The first-order valence-corrected chi connectivity index (χ1v) is 10.6. The standard InChI is InChI=1S/C23H24N4O2/c28-22(29)17-12-18(26-13-23(14-26)10-5-11-23)19-20(15-6-4-7-15)25-27(21(19)24-17)16-8-2-1-3-9-16/h1-3,8-9,12,15H,4-7,10-11,13-14H2,(H,28,29). The van der Waals surface area contributed by atoms with Gasteiger partial charge in [-0.15, -0.1) is 0 Å². The minimum absolute atomic E-state index is 0.0966. The molecular formula is C23H24N4O2. The molecule has 0 radical (unpaired) electrons. The van der Waals surface area contributed by atoms with Crippen LogP contribution in [-0.4, -0.2) is 38.9 Å². The number of benzene rings is 1. The molecule has 1 aliphatic heterocycles. The van der Waals surface area contributed by atoms with E-state index in [1.165, 1.54) is 25.7 Å². The van der Waals surface area contributed by atoms with E-state index in [1.54, 1.807) is 6.07 Å². The first-order chi connectivity index (χ1) is 14.1. The van der Waals surface area contributed by atoms with Gasteiger partial charge in [-0.2, -0.15) is 5.10 Å². The van der Waals surface area contributed by atoms with E-state index in [1.807, 2.05) is 35.0 Å². The molecule has 3 aromatic rings. The zero-order valence-corrected chi connectivity index (χ0v) is 16.3. The number of pyridine rings is 1. The average molecular weight is 388 g/mol. The van der Waals surface area contributed by atoms with Crippen molar-refractivity contribution in [2.75, 3.05) is 18.0 Å². The summed E-state index contributed by atoms with van der Waals surface area (Å²) in [4.78, 5) is 18.8. The van der Waals surface area contributed by atoms with Crippen LogP contribution in [0.2, 0.25) is 0 Å². The number of para-hydroxylation sites is 1. The fraction of sp³-hybridized carbons (Fsp3) is 0.435. The third-order valence-corrected chi connectivity index (χ3v) is 7.16. The zero-order valence-electron chi connectivity index (χ0n) is 16.3. The van der Waals surface area contributed by atoms with Gasteiger partial charge in [0.05, 0.1) is 22.5 Å². The van der Waals surface area contributed by atoms with Crippen LogP contribution in [0.4, 0.5) is 5.69 Å². The van der Waals surface area contributed by atoms with Gasteiger partial charge in [-0.3, -0.25) is 0 Å². The molecule has 6 rings (SSSR count). The number of nitrogens with zero attached hydrogens (tertiary/aromatic N) is 4. The number of rotatable bonds is 4. The van der Waals surface area contributed by atoms with Gasteiger partial charge in [0.1, 0.15) is 0 Å². The number of carbonyl (C=O) groups is 1.